The van der Waals surface area contributed by atoms with E-state index in [4.69, 9.17) is 9.84 Å². The normalized spacial score (nSPS) is 10.5. The molecule has 2 heteroatoms. The lowest BCUT2D eigenvalue weighted by atomic mass is 10.0. The number of benzene rings is 2. The molecule has 2 aromatic carbocycles. The van der Waals surface area contributed by atoms with Crippen LogP contribution >= 0.6 is 0 Å². The van der Waals surface area contributed by atoms with Crippen molar-refractivity contribution in [3.8, 4) is 17.6 Å². The molecule has 21 heavy (non-hydrogen) atoms. The van der Waals surface area contributed by atoms with E-state index >= 15 is 0 Å². The van der Waals surface area contributed by atoms with E-state index < -0.39 is 0 Å². The lowest BCUT2D eigenvalue weighted by Crippen LogP contribution is -2.10. The standard InChI is InChI=1S/C19H22O2/c1-3-15(4-2)14-21-19-12-11-16-8-5-6-9-17(16)18(19)10-7-13-20/h5-6,8-9,11-12,15,20H,3-4,13-14H2,1-2H3. The van der Waals surface area contributed by atoms with Gasteiger partial charge in [0.25, 0.3) is 0 Å². The Bertz CT molecular complexity index is 645. The molecule has 0 amide bonds. The van der Waals surface area contributed by atoms with Crippen LogP contribution in [0.4, 0.5) is 0 Å². The fraction of sp³-hybridized carbons (Fsp3) is 0.368. The minimum absolute atomic E-state index is 0.144. The van der Waals surface area contributed by atoms with Gasteiger partial charge in [-0.05, 0) is 17.4 Å². The number of aliphatic hydroxyl groups is 1. The molecule has 0 heterocycles. The van der Waals surface area contributed by atoms with Gasteiger partial charge in [-0.3, -0.25) is 0 Å². The van der Waals surface area contributed by atoms with Gasteiger partial charge in [0.2, 0.25) is 0 Å². The fourth-order valence-corrected chi connectivity index (χ4v) is 2.36. The molecule has 0 atom stereocenters. The van der Waals surface area contributed by atoms with Crippen LogP contribution in [-0.2, 0) is 0 Å². The monoisotopic (exact) mass is 282 g/mol. The first-order valence-corrected chi connectivity index (χ1v) is 7.54. The molecule has 2 rings (SSSR count). The van der Waals surface area contributed by atoms with Crippen molar-refractivity contribution in [1.29, 1.82) is 0 Å². The molecule has 0 aromatic heterocycles. The van der Waals surface area contributed by atoms with E-state index in [0.717, 1.165) is 34.9 Å². The van der Waals surface area contributed by atoms with E-state index in [-0.39, 0.29) is 6.61 Å². The van der Waals surface area contributed by atoms with Gasteiger partial charge in [-0.15, -0.1) is 0 Å². The number of hydrogen-bond acceptors (Lipinski definition) is 2. The molecule has 0 aliphatic carbocycles. The Morgan fingerprint density at radius 1 is 1.10 bits per heavy atom. The van der Waals surface area contributed by atoms with Gasteiger partial charge in [-0.25, -0.2) is 0 Å². The van der Waals surface area contributed by atoms with Gasteiger partial charge in [0.05, 0.1) is 12.2 Å². The quantitative estimate of drug-likeness (QED) is 0.840. The summed E-state index contributed by atoms with van der Waals surface area (Å²) in [6.07, 6.45) is 2.23. The highest BCUT2D eigenvalue weighted by atomic mass is 16.5. The highest BCUT2D eigenvalue weighted by Gasteiger charge is 2.09. The van der Waals surface area contributed by atoms with Crippen LogP contribution in [0.15, 0.2) is 36.4 Å². The van der Waals surface area contributed by atoms with Gasteiger partial charge in [-0.1, -0.05) is 68.9 Å². The summed E-state index contributed by atoms with van der Waals surface area (Å²) in [6.45, 7) is 4.93. The largest absolute Gasteiger partial charge is 0.492 e. The van der Waals surface area contributed by atoms with Crippen LogP contribution in [0.2, 0.25) is 0 Å². The zero-order chi connectivity index (χ0) is 15.1. The zero-order valence-electron chi connectivity index (χ0n) is 12.7. The smallest absolute Gasteiger partial charge is 0.135 e. The maximum atomic E-state index is 8.97. The SMILES string of the molecule is CCC(CC)COc1ccc2ccccc2c1C#CCO. The molecule has 0 bridgehead atoms. The van der Waals surface area contributed by atoms with Crippen molar-refractivity contribution in [3.05, 3.63) is 42.0 Å². The van der Waals surface area contributed by atoms with Gasteiger partial charge >= 0.3 is 0 Å². The highest BCUT2D eigenvalue weighted by molar-refractivity contribution is 5.90. The Kier molecular flexibility index (Phi) is 5.66. The molecule has 0 aliphatic rings. The average molecular weight is 282 g/mol. The van der Waals surface area contributed by atoms with Crippen LogP contribution in [0.3, 0.4) is 0 Å². The van der Waals surface area contributed by atoms with Crippen molar-refractivity contribution >= 4 is 10.8 Å². The molecular weight excluding hydrogens is 260 g/mol. The molecular formula is C19H22O2. The molecule has 0 aliphatic heterocycles. The summed E-state index contributed by atoms with van der Waals surface area (Å²) >= 11 is 0. The third-order valence-corrected chi connectivity index (χ3v) is 3.81. The summed E-state index contributed by atoms with van der Waals surface area (Å²) < 4.78 is 6.00. The summed E-state index contributed by atoms with van der Waals surface area (Å²) in [7, 11) is 0. The molecule has 1 N–H and O–H groups in total. The first kappa shape index (κ1) is 15.4. The van der Waals surface area contributed by atoms with Crippen LogP contribution in [0.25, 0.3) is 10.8 Å². The van der Waals surface area contributed by atoms with Crippen molar-refractivity contribution in [2.24, 2.45) is 5.92 Å². The second-order valence-corrected chi connectivity index (χ2v) is 5.11. The lowest BCUT2D eigenvalue weighted by Gasteiger charge is -2.15. The van der Waals surface area contributed by atoms with Crippen LogP contribution in [0, 0.1) is 17.8 Å². The molecule has 0 saturated carbocycles. The van der Waals surface area contributed by atoms with Crippen molar-refractivity contribution in [2.75, 3.05) is 13.2 Å². The van der Waals surface area contributed by atoms with E-state index in [2.05, 4.69) is 37.8 Å². The number of aliphatic hydroxyl groups excluding tert-OH is 1. The van der Waals surface area contributed by atoms with Crippen molar-refractivity contribution in [2.45, 2.75) is 26.7 Å². The second kappa shape index (κ2) is 7.71. The second-order valence-electron chi connectivity index (χ2n) is 5.11. The Labute approximate surface area is 126 Å². The topological polar surface area (TPSA) is 29.5 Å². The summed E-state index contributed by atoms with van der Waals surface area (Å²) in [4.78, 5) is 0. The highest BCUT2D eigenvalue weighted by Crippen LogP contribution is 2.28. The van der Waals surface area contributed by atoms with Crippen LogP contribution in [0.1, 0.15) is 32.3 Å². The van der Waals surface area contributed by atoms with Crippen molar-refractivity contribution in [1.82, 2.24) is 0 Å². The number of hydrogen-bond donors (Lipinski definition) is 1. The van der Waals surface area contributed by atoms with Gasteiger partial charge in [-0.2, -0.15) is 0 Å². The minimum Gasteiger partial charge on any atom is -0.492 e. The molecule has 0 saturated heterocycles. The number of fused-ring (bicyclic) bond motifs is 1. The molecule has 2 nitrogen and oxygen atoms in total. The predicted molar refractivity (Wildman–Crippen MR) is 87.5 cm³/mol. The van der Waals surface area contributed by atoms with Crippen LogP contribution in [-0.4, -0.2) is 18.3 Å². The molecule has 0 fully saturated rings. The van der Waals surface area contributed by atoms with E-state index in [9.17, 15) is 0 Å². The Morgan fingerprint density at radius 2 is 1.86 bits per heavy atom. The zero-order valence-corrected chi connectivity index (χ0v) is 12.7. The van der Waals surface area contributed by atoms with Crippen LogP contribution < -0.4 is 4.74 Å². The summed E-state index contributed by atoms with van der Waals surface area (Å²) in [5.74, 6) is 7.15. The first-order valence-electron chi connectivity index (χ1n) is 7.54. The van der Waals surface area contributed by atoms with Crippen molar-refractivity contribution < 1.29 is 9.84 Å². The van der Waals surface area contributed by atoms with Crippen molar-refractivity contribution in [3.63, 3.8) is 0 Å². The predicted octanol–water partition coefficient (Wildman–Crippen LogP) is 4.00. The summed E-state index contributed by atoms with van der Waals surface area (Å²) in [5, 5.41) is 11.2. The van der Waals surface area contributed by atoms with E-state index in [0.29, 0.717) is 12.5 Å². The van der Waals surface area contributed by atoms with Gasteiger partial charge in [0.1, 0.15) is 12.4 Å². The first-order chi connectivity index (χ1) is 10.3. The van der Waals surface area contributed by atoms with Gasteiger partial charge in [0, 0.05) is 5.39 Å². The maximum Gasteiger partial charge on any atom is 0.135 e. The number of rotatable bonds is 5. The third-order valence-electron chi connectivity index (χ3n) is 3.81. The fourth-order valence-electron chi connectivity index (χ4n) is 2.36. The Morgan fingerprint density at radius 3 is 2.57 bits per heavy atom. The molecule has 2 aromatic rings. The van der Waals surface area contributed by atoms with Crippen LogP contribution in [0.5, 0.6) is 5.75 Å². The summed E-state index contributed by atoms with van der Waals surface area (Å²) in [5.41, 5.74) is 0.869. The lowest BCUT2D eigenvalue weighted by molar-refractivity contribution is 0.240. The van der Waals surface area contributed by atoms with Gasteiger partial charge < -0.3 is 9.84 Å². The number of ether oxygens (including phenoxy) is 1. The Hall–Kier alpha value is -1.98. The van der Waals surface area contributed by atoms with E-state index in [1.165, 1.54) is 0 Å². The molecule has 0 spiro atoms. The third kappa shape index (κ3) is 3.77. The van der Waals surface area contributed by atoms with Gasteiger partial charge in [0.15, 0.2) is 0 Å². The minimum atomic E-state index is -0.144. The summed E-state index contributed by atoms with van der Waals surface area (Å²) in [6, 6.07) is 12.1. The molecule has 110 valence electrons. The average Bonchev–Trinajstić information content (AvgIpc) is 2.54. The maximum absolute atomic E-state index is 8.97. The Balaban J connectivity index is 2.38. The van der Waals surface area contributed by atoms with E-state index in [1.54, 1.807) is 0 Å². The molecule has 0 radical (unpaired) electrons. The molecule has 0 unspecified atom stereocenters. The van der Waals surface area contributed by atoms with E-state index in [1.807, 2.05) is 24.3 Å².